The molecule has 0 aliphatic carbocycles. The van der Waals surface area contributed by atoms with Gasteiger partial charge < -0.3 is 9.47 Å². The van der Waals surface area contributed by atoms with E-state index < -0.39 is 17.7 Å². The number of imide groups is 1. The quantitative estimate of drug-likeness (QED) is 0.636. The van der Waals surface area contributed by atoms with Crippen molar-refractivity contribution in [2.24, 2.45) is 0 Å². The fourth-order valence-electron chi connectivity index (χ4n) is 4.26. The second-order valence-electron chi connectivity index (χ2n) is 8.85. The van der Waals surface area contributed by atoms with Gasteiger partial charge in [0.2, 0.25) is 0 Å². The van der Waals surface area contributed by atoms with Gasteiger partial charge in [-0.3, -0.25) is 19.4 Å². The van der Waals surface area contributed by atoms with Gasteiger partial charge in [-0.25, -0.2) is 4.79 Å². The number of carbonyl (C=O) groups excluding carboxylic acids is 3. The van der Waals surface area contributed by atoms with Crippen LogP contribution in [0.15, 0.2) is 36.4 Å². The van der Waals surface area contributed by atoms with Crippen molar-refractivity contribution < 1.29 is 23.9 Å². The zero-order chi connectivity index (χ0) is 23.2. The lowest BCUT2D eigenvalue weighted by Crippen LogP contribution is -2.48. The molecule has 0 saturated carbocycles. The van der Waals surface area contributed by atoms with Crippen molar-refractivity contribution in [1.29, 1.82) is 0 Å². The number of amides is 3. The summed E-state index contributed by atoms with van der Waals surface area (Å²) in [5, 5.41) is 0.553. The number of benzene rings is 2. The third-order valence-electron chi connectivity index (χ3n) is 5.65. The summed E-state index contributed by atoms with van der Waals surface area (Å²) in [6.07, 6.45) is -0.0183. The molecule has 32 heavy (non-hydrogen) atoms. The summed E-state index contributed by atoms with van der Waals surface area (Å²) in [6, 6.07) is 9.53. The van der Waals surface area contributed by atoms with Crippen molar-refractivity contribution in [3.05, 3.63) is 63.7 Å². The lowest BCUT2D eigenvalue weighted by Gasteiger charge is -2.40. The number of rotatable bonds is 3. The fourth-order valence-corrected chi connectivity index (χ4v) is 4.52. The van der Waals surface area contributed by atoms with E-state index in [1.807, 2.05) is 0 Å². The molecule has 1 unspecified atom stereocenters. The van der Waals surface area contributed by atoms with E-state index in [2.05, 4.69) is 0 Å². The van der Waals surface area contributed by atoms with Gasteiger partial charge in [0.25, 0.3) is 11.8 Å². The van der Waals surface area contributed by atoms with E-state index in [4.69, 9.17) is 21.1 Å². The molecular weight excluding hydrogens is 432 g/mol. The molecule has 0 aromatic heterocycles. The fraction of sp³-hybridized carbons (Fsp3) is 0.375. The Hall–Kier alpha value is -3.06. The topological polar surface area (TPSA) is 76.2 Å². The number of hydrogen-bond donors (Lipinski definition) is 0. The predicted octanol–water partition coefficient (Wildman–Crippen LogP) is 4.48. The highest BCUT2D eigenvalue weighted by atomic mass is 35.5. The lowest BCUT2D eigenvalue weighted by atomic mass is 9.91. The molecule has 4 rings (SSSR count). The van der Waals surface area contributed by atoms with Crippen LogP contribution in [0, 0.1) is 0 Å². The minimum absolute atomic E-state index is 0.0324. The van der Waals surface area contributed by atoms with E-state index in [0.29, 0.717) is 40.4 Å². The number of methoxy groups -OCH3 is 1. The van der Waals surface area contributed by atoms with Gasteiger partial charge in [0.05, 0.1) is 30.8 Å². The number of fused-ring (bicyclic) bond motifs is 2. The van der Waals surface area contributed by atoms with E-state index in [1.165, 1.54) is 12.0 Å². The van der Waals surface area contributed by atoms with Crippen molar-refractivity contribution in [3.8, 4) is 5.75 Å². The van der Waals surface area contributed by atoms with Crippen LogP contribution in [0.3, 0.4) is 0 Å². The lowest BCUT2D eigenvalue weighted by molar-refractivity contribution is 0.00960. The van der Waals surface area contributed by atoms with Crippen LogP contribution in [0.1, 0.15) is 58.7 Å². The summed E-state index contributed by atoms with van der Waals surface area (Å²) in [5.74, 6) is -0.231. The molecule has 2 heterocycles. The zero-order valence-corrected chi connectivity index (χ0v) is 19.2. The summed E-state index contributed by atoms with van der Waals surface area (Å²) >= 11 is 6.48. The van der Waals surface area contributed by atoms with Crippen LogP contribution in [0.4, 0.5) is 4.79 Å². The Kier molecular flexibility index (Phi) is 5.63. The van der Waals surface area contributed by atoms with Gasteiger partial charge in [0.1, 0.15) is 11.4 Å². The molecule has 0 radical (unpaired) electrons. The Morgan fingerprint density at radius 1 is 1.09 bits per heavy atom. The first-order valence-corrected chi connectivity index (χ1v) is 10.8. The molecule has 2 aliphatic rings. The third kappa shape index (κ3) is 3.81. The largest absolute Gasteiger partial charge is 0.496 e. The van der Waals surface area contributed by atoms with Crippen LogP contribution in [-0.4, -0.2) is 53.5 Å². The maximum absolute atomic E-state index is 13.1. The van der Waals surface area contributed by atoms with Crippen LogP contribution in [-0.2, 0) is 11.2 Å². The minimum atomic E-state index is -0.699. The molecule has 0 fully saturated rings. The number of carbonyl (C=O) groups is 3. The molecule has 2 aromatic carbocycles. The van der Waals surface area contributed by atoms with Gasteiger partial charge >= 0.3 is 6.09 Å². The molecule has 0 saturated heterocycles. The molecule has 8 heteroatoms. The van der Waals surface area contributed by atoms with Gasteiger partial charge in [-0.1, -0.05) is 23.7 Å². The van der Waals surface area contributed by atoms with Crippen molar-refractivity contribution in [2.45, 2.75) is 38.8 Å². The van der Waals surface area contributed by atoms with Crippen molar-refractivity contribution in [2.75, 3.05) is 20.2 Å². The highest BCUT2D eigenvalue weighted by Crippen LogP contribution is 2.41. The van der Waals surface area contributed by atoms with Crippen molar-refractivity contribution in [1.82, 2.24) is 9.80 Å². The van der Waals surface area contributed by atoms with Crippen LogP contribution in [0.25, 0.3) is 0 Å². The molecular formula is C24H25ClN2O5. The van der Waals surface area contributed by atoms with E-state index in [-0.39, 0.29) is 18.4 Å². The van der Waals surface area contributed by atoms with Gasteiger partial charge in [-0.05, 0) is 57.0 Å². The van der Waals surface area contributed by atoms with Gasteiger partial charge in [-0.15, -0.1) is 0 Å². The van der Waals surface area contributed by atoms with Crippen LogP contribution in [0.2, 0.25) is 5.02 Å². The number of nitrogens with zero attached hydrogens (tertiary/aromatic N) is 2. The Bertz CT molecular complexity index is 1070. The average molecular weight is 457 g/mol. The second kappa shape index (κ2) is 8.13. The molecule has 0 N–H and O–H groups in total. The third-order valence-corrected chi connectivity index (χ3v) is 6.01. The molecule has 0 spiro atoms. The summed E-state index contributed by atoms with van der Waals surface area (Å²) < 4.78 is 11.2. The van der Waals surface area contributed by atoms with E-state index in [9.17, 15) is 14.4 Å². The Morgan fingerprint density at radius 3 is 2.28 bits per heavy atom. The molecule has 0 bridgehead atoms. The van der Waals surface area contributed by atoms with Gasteiger partial charge in [0.15, 0.2) is 0 Å². The minimum Gasteiger partial charge on any atom is -0.496 e. The zero-order valence-electron chi connectivity index (χ0n) is 18.5. The monoisotopic (exact) mass is 456 g/mol. The molecule has 1 atom stereocenters. The first-order valence-electron chi connectivity index (χ1n) is 10.4. The highest BCUT2D eigenvalue weighted by Gasteiger charge is 2.42. The number of hydrogen-bond acceptors (Lipinski definition) is 5. The van der Waals surface area contributed by atoms with Gasteiger partial charge in [0, 0.05) is 17.1 Å². The Balaban J connectivity index is 1.77. The van der Waals surface area contributed by atoms with Crippen LogP contribution >= 0.6 is 11.6 Å². The van der Waals surface area contributed by atoms with Crippen LogP contribution < -0.4 is 4.74 Å². The molecule has 2 aliphatic heterocycles. The number of halogens is 1. The average Bonchev–Trinajstić information content (AvgIpc) is 2.98. The van der Waals surface area contributed by atoms with E-state index >= 15 is 0 Å². The second-order valence-corrected chi connectivity index (χ2v) is 9.26. The van der Waals surface area contributed by atoms with Crippen molar-refractivity contribution in [3.63, 3.8) is 0 Å². The van der Waals surface area contributed by atoms with Crippen molar-refractivity contribution >= 4 is 29.5 Å². The molecule has 2 aromatic rings. The standard InChI is InChI=1S/C24H25ClN2O5/c1-24(2,3)32-23(30)26-12-11-16-17(25)9-10-19(31-4)20(16)18(26)13-27-21(28)14-7-5-6-8-15(14)22(27)29/h5-10,18H,11-13H2,1-4H3. The van der Waals surface area contributed by atoms with Crippen LogP contribution in [0.5, 0.6) is 5.75 Å². The smallest absolute Gasteiger partial charge is 0.410 e. The van der Waals surface area contributed by atoms with E-state index in [1.54, 1.807) is 62.1 Å². The summed E-state index contributed by atoms with van der Waals surface area (Å²) in [7, 11) is 1.54. The highest BCUT2D eigenvalue weighted by molar-refractivity contribution is 6.31. The normalized spacial score (nSPS) is 17.8. The first kappa shape index (κ1) is 22.1. The summed E-state index contributed by atoms with van der Waals surface area (Å²) in [4.78, 5) is 41.9. The molecule has 3 amide bonds. The first-order chi connectivity index (χ1) is 15.1. The maximum atomic E-state index is 13.1. The van der Waals surface area contributed by atoms with E-state index in [0.717, 1.165) is 5.56 Å². The Labute approximate surface area is 191 Å². The number of ether oxygens (including phenoxy) is 2. The predicted molar refractivity (Wildman–Crippen MR) is 119 cm³/mol. The maximum Gasteiger partial charge on any atom is 0.410 e. The Morgan fingerprint density at radius 2 is 1.72 bits per heavy atom. The summed E-state index contributed by atoms with van der Waals surface area (Å²) in [6.45, 7) is 5.68. The summed E-state index contributed by atoms with van der Waals surface area (Å²) in [5.41, 5.74) is 1.54. The molecule has 168 valence electrons. The van der Waals surface area contributed by atoms with Gasteiger partial charge in [-0.2, -0.15) is 0 Å². The SMILES string of the molecule is COc1ccc(Cl)c2c1C(CN1C(=O)c3ccccc3C1=O)N(C(=O)OC(C)(C)C)CC2. The molecule has 7 nitrogen and oxygen atoms in total.